The molecule has 5 heteroatoms. The average molecular weight is 305 g/mol. The minimum atomic E-state index is -0.0455. The molecular weight excluding hydrogens is 278 g/mol. The fourth-order valence-electron chi connectivity index (χ4n) is 1.85. The van der Waals surface area contributed by atoms with E-state index in [1.165, 1.54) is 0 Å². The van der Waals surface area contributed by atoms with Gasteiger partial charge in [-0.3, -0.25) is 9.59 Å². The Bertz CT molecular complexity index is 483. The van der Waals surface area contributed by atoms with Crippen LogP contribution in [0.15, 0.2) is 24.3 Å². The Morgan fingerprint density at radius 3 is 2.36 bits per heavy atom. The SMILES string of the molecule is CCC(C)NCC(=O)Nc1ccc(CCC(=O)N(C)C)cc1. The van der Waals surface area contributed by atoms with E-state index in [4.69, 9.17) is 0 Å². The molecule has 0 bridgehead atoms. The van der Waals surface area contributed by atoms with E-state index in [-0.39, 0.29) is 11.8 Å². The zero-order valence-corrected chi connectivity index (χ0v) is 14.0. The molecule has 5 nitrogen and oxygen atoms in total. The van der Waals surface area contributed by atoms with Gasteiger partial charge in [-0.1, -0.05) is 19.1 Å². The summed E-state index contributed by atoms with van der Waals surface area (Å²) in [4.78, 5) is 24.9. The second-order valence-electron chi connectivity index (χ2n) is 5.72. The van der Waals surface area contributed by atoms with Gasteiger partial charge in [0, 0.05) is 32.2 Å². The maximum Gasteiger partial charge on any atom is 0.238 e. The van der Waals surface area contributed by atoms with E-state index in [9.17, 15) is 9.59 Å². The van der Waals surface area contributed by atoms with Gasteiger partial charge in [0.15, 0.2) is 0 Å². The van der Waals surface area contributed by atoms with Crippen molar-refractivity contribution in [3.8, 4) is 0 Å². The van der Waals surface area contributed by atoms with Crippen LogP contribution in [0, 0.1) is 0 Å². The minimum absolute atomic E-state index is 0.0455. The van der Waals surface area contributed by atoms with Gasteiger partial charge in [0.25, 0.3) is 0 Å². The van der Waals surface area contributed by atoms with Crippen LogP contribution in [0.4, 0.5) is 5.69 Å². The Kier molecular flexibility index (Phi) is 7.60. The number of hydrogen-bond acceptors (Lipinski definition) is 3. The fourth-order valence-corrected chi connectivity index (χ4v) is 1.85. The van der Waals surface area contributed by atoms with Crippen LogP contribution in [-0.4, -0.2) is 43.4 Å². The zero-order chi connectivity index (χ0) is 16.5. The van der Waals surface area contributed by atoms with E-state index in [0.29, 0.717) is 25.4 Å². The van der Waals surface area contributed by atoms with Gasteiger partial charge in [0.1, 0.15) is 0 Å². The van der Waals surface area contributed by atoms with E-state index >= 15 is 0 Å². The van der Waals surface area contributed by atoms with Crippen LogP contribution >= 0.6 is 0 Å². The van der Waals surface area contributed by atoms with Crippen molar-refractivity contribution in [2.24, 2.45) is 0 Å². The summed E-state index contributed by atoms with van der Waals surface area (Å²) in [7, 11) is 3.52. The van der Waals surface area contributed by atoms with Crippen molar-refractivity contribution in [1.82, 2.24) is 10.2 Å². The van der Waals surface area contributed by atoms with Gasteiger partial charge in [0.2, 0.25) is 11.8 Å². The summed E-state index contributed by atoms with van der Waals surface area (Å²) in [5.41, 5.74) is 1.87. The zero-order valence-electron chi connectivity index (χ0n) is 14.0. The molecule has 2 N–H and O–H groups in total. The molecule has 0 aliphatic carbocycles. The molecule has 1 aromatic rings. The summed E-state index contributed by atoms with van der Waals surface area (Å²) in [6.07, 6.45) is 2.20. The first-order chi connectivity index (χ1) is 10.4. The molecule has 0 aromatic heterocycles. The number of aryl methyl sites for hydroxylation is 1. The molecular formula is C17H27N3O2. The van der Waals surface area contributed by atoms with Crippen molar-refractivity contribution < 1.29 is 9.59 Å². The second kappa shape index (κ2) is 9.20. The molecule has 1 atom stereocenters. The number of carbonyl (C=O) groups excluding carboxylic acids is 2. The number of carbonyl (C=O) groups is 2. The first-order valence-electron chi connectivity index (χ1n) is 7.74. The van der Waals surface area contributed by atoms with Crippen LogP contribution in [0.3, 0.4) is 0 Å². The van der Waals surface area contributed by atoms with Crippen LogP contribution in [0.2, 0.25) is 0 Å². The highest BCUT2D eigenvalue weighted by Gasteiger charge is 2.06. The normalized spacial score (nSPS) is 11.8. The molecule has 0 spiro atoms. The maximum absolute atomic E-state index is 11.8. The van der Waals surface area contributed by atoms with Gasteiger partial charge in [-0.2, -0.15) is 0 Å². The Hall–Kier alpha value is -1.88. The topological polar surface area (TPSA) is 61.4 Å². The molecule has 1 unspecified atom stereocenters. The molecule has 0 heterocycles. The monoisotopic (exact) mass is 305 g/mol. The number of benzene rings is 1. The molecule has 0 aliphatic rings. The number of amides is 2. The van der Waals surface area contributed by atoms with Gasteiger partial charge in [0.05, 0.1) is 6.54 Å². The minimum Gasteiger partial charge on any atom is -0.349 e. The number of rotatable bonds is 8. The Balaban J connectivity index is 2.41. The molecule has 22 heavy (non-hydrogen) atoms. The van der Waals surface area contributed by atoms with E-state index in [0.717, 1.165) is 17.7 Å². The number of anilines is 1. The molecule has 0 radical (unpaired) electrons. The van der Waals surface area contributed by atoms with Crippen molar-refractivity contribution in [2.75, 3.05) is 26.0 Å². The quantitative estimate of drug-likeness (QED) is 0.772. The molecule has 122 valence electrons. The molecule has 0 saturated heterocycles. The highest BCUT2D eigenvalue weighted by molar-refractivity contribution is 5.92. The Labute approximate surface area is 133 Å². The van der Waals surface area contributed by atoms with E-state index in [1.54, 1.807) is 19.0 Å². The van der Waals surface area contributed by atoms with Crippen LogP contribution in [0.1, 0.15) is 32.3 Å². The van der Waals surface area contributed by atoms with Crippen molar-refractivity contribution in [1.29, 1.82) is 0 Å². The van der Waals surface area contributed by atoms with Crippen LogP contribution < -0.4 is 10.6 Å². The van der Waals surface area contributed by atoms with E-state index < -0.39 is 0 Å². The lowest BCUT2D eigenvalue weighted by molar-refractivity contribution is -0.128. The summed E-state index contributed by atoms with van der Waals surface area (Å²) in [6, 6.07) is 7.97. The summed E-state index contributed by atoms with van der Waals surface area (Å²) >= 11 is 0. The van der Waals surface area contributed by atoms with Crippen molar-refractivity contribution >= 4 is 17.5 Å². The largest absolute Gasteiger partial charge is 0.349 e. The van der Waals surface area contributed by atoms with Crippen molar-refractivity contribution in [2.45, 2.75) is 39.2 Å². The number of nitrogens with one attached hydrogen (secondary N) is 2. The average Bonchev–Trinajstić information content (AvgIpc) is 2.51. The lowest BCUT2D eigenvalue weighted by Crippen LogP contribution is -2.33. The molecule has 2 amide bonds. The highest BCUT2D eigenvalue weighted by atomic mass is 16.2. The van der Waals surface area contributed by atoms with Gasteiger partial charge in [-0.25, -0.2) is 0 Å². The van der Waals surface area contributed by atoms with Gasteiger partial charge >= 0.3 is 0 Å². The van der Waals surface area contributed by atoms with Gasteiger partial charge < -0.3 is 15.5 Å². The third-order valence-corrected chi connectivity index (χ3v) is 3.59. The van der Waals surface area contributed by atoms with Crippen molar-refractivity contribution in [3.05, 3.63) is 29.8 Å². The summed E-state index contributed by atoms with van der Waals surface area (Å²) in [6.45, 7) is 4.44. The van der Waals surface area contributed by atoms with Crippen molar-refractivity contribution in [3.63, 3.8) is 0 Å². The fraction of sp³-hybridized carbons (Fsp3) is 0.529. The Morgan fingerprint density at radius 2 is 1.82 bits per heavy atom. The van der Waals surface area contributed by atoms with E-state index in [2.05, 4.69) is 24.5 Å². The second-order valence-corrected chi connectivity index (χ2v) is 5.72. The lowest BCUT2D eigenvalue weighted by Gasteiger charge is -2.12. The third-order valence-electron chi connectivity index (χ3n) is 3.59. The van der Waals surface area contributed by atoms with E-state index in [1.807, 2.05) is 24.3 Å². The standard InChI is InChI=1S/C17H27N3O2/c1-5-13(2)18-12-16(21)19-15-9-6-14(7-10-15)8-11-17(22)20(3)4/h6-7,9-10,13,18H,5,8,11-12H2,1-4H3,(H,19,21). The number of nitrogens with zero attached hydrogens (tertiary/aromatic N) is 1. The van der Waals surface area contributed by atoms with Gasteiger partial charge in [-0.05, 0) is 37.5 Å². The summed E-state index contributed by atoms with van der Waals surface area (Å²) < 4.78 is 0. The van der Waals surface area contributed by atoms with Crippen LogP contribution in [0.25, 0.3) is 0 Å². The highest BCUT2D eigenvalue weighted by Crippen LogP contribution is 2.11. The summed E-state index contributed by atoms with van der Waals surface area (Å²) in [5.74, 6) is 0.0735. The molecule has 0 saturated carbocycles. The predicted octanol–water partition coefficient (Wildman–Crippen LogP) is 2.03. The van der Waals surface area contributed by atoms with Gasteiger partial charge in [-0.15, -0.1) is 0 Å². The lowest BCUT2D eigenvalue weighted by atomic mass is 10.1. The first kappa shape index (κ1) is 18.2. The molecule has 1 rings (SSSR count). The third kappa shape index (κ3) is 6.72. The predicted molar refractivity (Wildman–Crippen MR) is 89.8 cm³/mol. The maximum atomic E-state index is 11.8. The molecule has 0 fully saturated rings. The number of hydrogen-bond donors (Lipinski definition) is 2. The van der Waals surface area contributed by atoms with Crippen LogP contribution in [0.5, 0.6) is 0 Å². The smallest absolute Gasteiger partial charge is 0.238 e. The van der Waals surface area contributed by atoms with Crippen LogP contribution in [-0.2, 0) is 16.0 Å². The molecule has 1 aromatic carbocycles. The summed E-state index contributed by atoms with van der Waals surface area (Å²) in [5, 5.41) is 6.01. The first-order valence-corrected chi connectivity index (χ1v) is 7.74. The Morgan fingerprint density at radius 1 is 1.18 bits per heavy atom. The molecule has 0 aliphatic heterocycles.